The number of aromatic nitrogens is 1. The van der Waals surface area contributed by atoms with Crippen molar-refractivity contribution in [2.24, 2.45) is 0 Å². The van der Waals surface area contributed by atoms with E-state index in [1.54, 1.807) is 30.5 Å². The first-order valence-electron chi connectivity index (χ1n) is 7.88. The van der Waals surface area contributed by atoms with Gasteiger partial charge in [-0.15, -0.1) is 0 Å². The first-order valence-corrected chi connectivity index (χ1v) is 8.25. The summed E-state index contributed by atoms with van der Waals surface area (Å²) >= 11 is 5.94. The van der Waals surface area contributed by atoms with E-state index >= 15 is 0 Å². The molecular formula is C18H23ClN4O. The summed E-state index contributed by atoms with van der Waals surface area (Å²) in [4.78, 5) is 18.8. The zero-order valence-corrected chi connectivity index (χ0v) is 15.0. The molecule has 0 aliphatic rings. The number of amides is 1. The number of hydrogen-bond donors (Lipinski definition) is 2. The van der Waals surface area contributed by atoms with Crippen LogP contribution in [0.5, 0.6) is 0 Å². The van der Waals surface area contributed by atoms with Crippen molar-refractivity contribution in [3.8, 4) is 0 Å². The SMILES string of the molecule is Cc1cc(Cl)ccc1NC(=O)c1ccnc(NCCCN(C)C)c1. The van der Waals surface area contributed by atoms with E-state index in [-0.39, 0.29) is 5.91 Å². The van der Waals surface area contributed by atoms with E-state index in [4.69, 9.17) is 11.6 Å². The molecule has 0 bridgehead atoms. The van der Waals surface area contributed by atoms with Gasteiger partial charge in [0, 0.05) is 29.0 Å². The third kappa shape index (κ3) is 5.51. The molecule has 0 aliphatic heterocycles. The molecule has 1 aromatic carbocycles. The minimum Gasteiger partial charge on any atom is -0.370 e. The molecule has 0 fully saturated rings. The molecule has 2 rings (SSSR count). The van der Waals surface area contributed by atoms with Gasteiger partial charge in [0.25, 0.3) is 5.91 Å². The molecule has 1 amide bonds. The molecule has 0 radical (unpaired) electrons. The highest BCUT2D eigenvalue weighted by Crippen LogP contribution is 2.20. The summed E-state index contributed by atoms with van der Waals surface area (Å²) in [6.45, 7) is 3.72. The molecule has 5 nitrogen and oxygen atoms in total. The van der Waals surface area contributed by atoms with E-state index in [0.29, 0.717) is 16.4 Å². The summed E-state index contributed by atoms with van der Waals surface area (Å²) in [6, 6.07) is 8.84. The molecule has 1 aromatic heterocycles. The Labute approximate surface area is 148 Å². The van der Waals surface area contributed by atoms with Crippen LogP contribution in [0.2, 0.25) is 5.02 Å². The standard InChI is InChI=1S/C18H23ClN4O/c1-13-11-15(19)5-6-16(13)22-18(24)14-7-9-21-17(12-14)20-8-4-10-23(2)3/h5-7,9,11-12H,4,8,10H2,1-3H3,(H,20,21)(H,22,24). The lowest BCUT2D eigenvalue weighted by atomic mass is 10.2. The maximum Gasteiger partial charge on any atom is 0.255 e. The van der Waals surface area contributed by atoms with E-state index in [1.807, 2.05) is 27.1 Å². The van der Waals surface area contributed by atoms with Crippen LogP contribution < -0.4 is 10.6 Å². The predicted octanol–water partition coefficient (Wildman–Crippen LogP) is 3.66. The van der Waals surface area contributed by atoms with Crippen LogP contribution in [-0.2, 0) is 0 Å². The Bertz CT molecular complexity index is 703. The average molecular weight is 347 g/mol. The number of benzene rings is 1. The van der Waals surface area contributed by atoms with Crippen LogP contribution in [0.3, 0.4) is 0 Å². The Hall–Kier alpha value is -2.11. The highest BCUT2D eigenvalue weighted by atomic mass is 35.5. The molecule has 0 atom stereocenters. The Morgan fingerprint density at radius 3 is 2.75 bits per heavy atom. The summed E-state index contributed by atoms with van der Waals surface area (Å²) in [5, 5.41) is 6.80. The summed E-state index contributed by atoms with van der Waals surface area (Å²) in [6.07, 6.45) is 2.65. The first kappa shape index (κ1) is 18.2. The van der Waals surface area contributed by atoms with Gasteiger partial charge in [0.2, 0.25) is 0 Å². The molecule has 0 spiro atoms. The van der Waals surface area contributed by atoms with Gasteiger partial charge in [-0.2, -0.15) is 0 Å². The Morgan fingerprint density at radius 1 is 1.25 bits per heavy atom. The number of anilines is 2. The van der Waals surface area contributed by atoms with Crippen LogP contribution in [0.15, 0.2) is 36.5 Å². The number of pyridine rings is 1. The number of nitrogens with one attached hydrogen (secondary N) is 2. The maximum atomic E-state index is 12.4. The summed E-state index contributed by atoms with van der Waals surface area (Å²) in [5.74, 6) is 0.536. The van der Waals surface area contributed by atoms with E-state index in [1.165, 1.54) is 0 Å². The smallest absolute Gasteiger partial charge is 0.255 e. The van der Waals surface area contributed by atoms with Crippen molar-refractivity contribution >= 4 is 29.0 Å². The number of carbonyl (C=O) groups is 1. The summed E-state index contributed by atoms with van der Waals surface area (Å²) in [5.41, 5.74) is 2.24. The van der Waals surface area contributed by atoms with Crippen LogP contribution in [0, 0.1) is 6.92 Å². The predicted molar refractivity (Wildman–Crippen MR) is 100 cm³/mol. The average Bonchev–Trinajstić information content (AvgIpc) is 2.54. The van der Waals surface area contributed by atoms with Gasteiger partial charge in [-0.1, -0.05) is 11.6 Å². The zero-order chi connectivity index (χ0) is 17.5. The maximum absolute atomic E-state index is 12.4. The van der Waals surface area contributed by atoms with Crippen molar-refractivity contribution in [3.05, 3.63) is 52.7 Å². The molecule has 2 aromatic rings. The lowest BCUT2D eigenvalue weighted by Gasteiger charge is -2.11. The fourth-order valence-corrected chi connectivity index (χ4v) is 2.47. The Balaban J connectivity index is 1.98. The van der Waals surface area contributed by atoms with Crippen LogP contribution in [0.25, 0.3) is 0 Å². The lowest BCUT2D eigenvalue weighted by molar-refractivity contribution is 0.102. The van der Waals surface area contributed by atoms with E-state index in [0.717, 1.165) is 30.8 Å². The molecule has 0 saturated carbocycles. The van der Waals surface area contributed by atoms with Crippen molar-refractivity contribution in [2.45, 2.75) is 13.3 Å². The molecule has 24 heavy (non-hydrogen) atoms. The minimum absolute atomic E-state index is 0.167. The highest BCUT2D eigenvalue weighted by Gasteiger charge is 2.09. The van der Waals surface area contributed by atoms with Gasteiger partial charge >= 0.3 is 0 Å². The first-order chi connectivity index (χ1) is 11.5. The Kier molecular flexibility index (Phi) is 6.58. The van der Waals surface area contributed by atoms with Gasteiger partial charge in [0.15, 0.2) is 0 Å². The second kappa shape index (κ2) is 8.66. The van der Waals surface area contributed by atoms with Crippen LogP contribution in [0.1, 0.15) is 22.3 Å². The normalized spacial score (nSPS) is 10.7. The van der Waals surface area contributed by atoms with Crippen molar-refractivity contribution in [1.29, 1.82) is 0 Å². The molecule has 0 unspecified atom stereocenters. The summed E-state index contributed by atoms with van der Waals surface area (Å²) in [7, 11) is 4.09. The van der Waals surface area contributed by atoms with Gasteiger partial charge in [-0.25, -0.2) is 4.98 Å². The molecule has 0 aliphatic carbocycles. The van der Waals surface area contributed by atoms with Crippen molar-refractivity contribution < 1.29 is 4.79 Å². The van der Waals surface area contributed by atoms with Gasteiger partial charge in [-0.3, -0.25) is 4.79 Å². The quantitative estimate of drug-likeness (QED) is 0.751. The van der Waals surface area contributed by atoms with Gasteiger partial charge in [0.1, 0.15) is 5.82 Å². The lowest BCUT2D eigenvalue weighted by Crippen LogP contribution is -2.17. The van der Waals surface area contributed by atoms with Crippen molar-refractivity contribution in [2.75, 3.05) is 37.8 Å². The number of aryl methyl sites for hydroxylation is 1. The van der Waals surface area contributed by atoms with Gasteiger partial charge in [-0.05, 0) is 69.9 Å². The molecule has 2 N–H and O–H groups in total. The molecule has 128 valence electrons. The van der Waals surface area contributed by atoms with E-state index in [2.05, 4.69) is 20.5 Å². The molecule has 1 heterocycles. The van der Waals surface area contributed by atoms with Crippen LogP contribution in [-0.4, -0.2) is 43.0 Å². The number of halogens is 1. The minimum atomic E-state index is -0.167. The number of carbonyl (C=O) groups excluding carboxylic acids is 1. The van der Waals surface area contributed by atoms with Gasteiger partial charge < -0.3 is 15.5 Å². The zero-order valence-electron chi connectivity index (χ0n) is 14.3. The Morgan fingerprint density at radius 2 is 2.04 bits per heavy atom. The third-order valence-corrected chi connectivity index (χ3v) is 3.78. The topological polar surface area (TPSA) is 57.3 Å². The molecular weight excluding hydrogens is 324 g/mol. The van der Waals surface area contributed by atoms with Crippen molar-refractivity contribution in [3.63, 3.8) is 0 Å². The number of hydrogen-bond acceptors (Lipinski definition) is 4. The van der Waals surface area contributed by atoms with Crippen LogP contribution >= 0.6 is 11.6 Å². The summed E-state index contributed by atoms with van der Waals surface area (Å²) < 4.78 is 0. The number of nitrogens with zero attached hydrogens (tertiary/aromatic N) is 2. The molecule has 0 saturated heterocycles. The van der Waals surface area contributed by atoms with Crippen LogP contribution in [0.4, 0.5) is 11.5 Å². The van der Waals surface area contributed by atoms with E-state index in [9.17, 15) is 4.79 Å². The van der Waals surface area contributed by atoms with Crippen molar-refractivity contribution in [1.82, 2.24) is 9.88 Å². The van der Waals surface area contributed by atoms with E-state index < -0.39 is 0 Å². The fraction of sp³-hybridized carbons (Fsp3) is 0.333. The largest absolute Gasteiger partial charge is 0.370 e. The molecule has 6 heteroatoms. The monoisotopic (exact) mass is 346 g/mol. The fourth-order valence-electron chi connectivity index (χ4n) is 2.24. The highest BCUT2D eigenvalue weighted by molar-refractivity contribution is 6.30. The second-order valence-corrected chi connectivity index (χ2v) is 6.36. The second-order valence-electron chi connectivity index (χ2n) is 5.93. The third-order valence-electron chi connectivity index (χ3n) is 3.55. The van der Waals surface area contributed by atoms with Gasteiger partial charge in [0.05, 0.1) is 0 Å². The number of rotatable bonds is 7.